The number of aromatic hydroxyl groups is 4. The number of aliphatic hydroxyl groups is 1. The summed E-state index contributed by atoms with van der Waals surface area (Å²) in [6.45, 7) is 13.7. The summed E-state index contributed by atoms with van der Waals surface area (Å²) in [5.74, 6) is -0.166. The molecule has 0 saturated carbocycles. The van der Waals surface area contributed by atoms with Gasteiger partial charge in [0.2, 0.25) is 0 Å². The van der Waals surface area contributed by atoms with E-state index in [1.165, 1.54) is 109 Å². The molecule has 0 saturated heterocycles. The van der Waals surface area contributed by atoms with Crippen LogP contribution in [-0.4, -0.2) is 60.2 Å². The number of benzene rings is 5. The molecular weight excluding hydrogens is 1290 g/mol. The highest BCUT2D eigenvalue weighted by Gasteiger charge is 2.30. The van der Waals surface area contributed by atoms with Gasteiger partial charge in [0, 0.05) is 42.3 Å². The first-order valence-electron chi connectivity index (χ1n) is 25.2. The molecule has 9 aromatic rings. The molecule has 0 amide bonds. The third-order valence-electron chi connectivity index (χ3n) is 12.5. The SMILES string of the molecule is CC(=O)C1=C(O)C(c2cccc(F)c2)SC1.CC(=O)c1csc(-c2ccc(Br)cc2)c1O.CC(=O)c1csc(-c2ccc(C(C)(C)C)cc2)c1O.CC(=O)c1csc(-c2ccc(Cl)c(Cl)c2)c1O.CC(=O)c1csc(-c2ccc(Cl)cc2)c1O. The maximum absolute atomic E-state index is 13.0. The van der Waals surface area contributed by atoms with E-state index in [2.05, 4.69) is 48.8 Å². The number of ketones is 5. The molecule has 1 aliphatic heterocycles. The smallest absolute Gasteiger partial charge is 0.164 e. The second-order valence-corrected chi connectivity index (χ2v) is 26.4. The Balaban J connectivity index is 0.000000169. The number of rotatable bonds is 10. The van der Waals surface area contributed by atoms with Crippen molar-refractivity contribution >= 4 is 137 Å². The lowest BCUT2D eigenvalue weighted by Gasteiger charge is -2.19. The van der Waals surface area contributed by atoms with Crippen molar-refractivity contribution in [1.29, 1.82) is 0 Å². The second-order valence-electron chi connectivity index (χ2n) is 19.7. The zero-order chi connectivity index (χ0) is 61.9. The van der Waals surface area contributed by atoms with Crippen LogP contribution in [0.1, 0.15) is 113 Å². The van der Waals surface area contributed by atoms with E-state index in [4.69, 9.17) is 34.8 Å². The number of carbonyl (C=O) groups excluding carboxylic acids is 5. The van der Waals surface area contributed by atoms with Crippen LogP contribution in [0.3, 0.4) is 0 Å². The Morgan fingerprint density at radius 1 is 0.500 bits per heavy atom. The first-order valence-corrected chi connectivity index (χ1v) is 31.7. The molecule has 5 N–H and O–H groups in total. The Labute approximate surface area is 529 Å². The van der Waals surface area contributed by atoms with Crippen molar-refractivity contribution in [3.63, 3.8) is 0 Å². The van der Waals surface area contributed by atoms with Crippen molar-refractivity contribution in [3.8, 4) is 64.8 Å². The number of hydrogen-bond acceptors (Lipinski definition) is 15. The molecule has 0 bridgehead atoms. The van der Waals surface area contributed by atoms with Gasteiger partial charge in [-0.15, -0.1) is 57.1 Å². The minimum Gasteiger partial charge on any atom is -0.510 e. The highest BCUT2D eigenvalue weighted by atomic mass is 79.9. The Bertz CT molecular complexity index is 3790. The molecule has 1 atom stereocenters. The van der Waals surface area contributed by atoms with E-state index < -0.39 is 0 Å². The van der Waals surface area contributed by atoms with E-state index in [0.29, 0.717) is 64.0 Å². The minimum atomic E-state index is -0.331. The number of Topliss-reactive ketones (excluding diaryl/α,β-unsaturated/α-hetero) is 5. The normalized spacial score (nSPS) is 12.6. The molecule has 0 aliphatic carbocycles. The Hall–Kier alpha value is -6.38. The molecule has 0 spiro atoms. The zero-order valence-electron chi connectivity index (χ0n) is 46.3. The van der Waals surface area contributed by atoms with Gasteiger partial charge in [0.15, 0.2) is 28.9 Å². The lowest BCUT2D eigenvalue weighted by atomic mass is 9.86. The zero-order valence-corrected chi connectivity index (χ0v) is 54.2. The Kier molecular flexibility index (Phi) is 23.5. The number of thiophene rings is 4. The molecule has 10 rings (SSSR count). The highest BCUT2D eigenvalue weighted by Crippen LogP contribution is 2.45. The van der Waals surface area contributed by atoms with Gasteiger partial charge in [-0.2, -0.15) is 0 Å². The van der Waals surface area contributed by atoms with E-state index in [-0.39, 0.29) is 74.2 Å². The molecule has 1 aliphatic rings. The molecule has 4 aromatic heterocycles. The van der Waals surface area contributed by atoms with Crippen molar-refractivity contribution in [2.45, 2.75) is 66.1 Å². The van der Waals surface area contributed by atoms with Crippen molar-refractivity contribution < 1.29 is 53.9 Å². The number of carbonyl (C=O) groups is 5. The third-order valence-corrected chi connectivity index (χ3v) is 19.4. The van der Waals surface area contributed by atoms with Gasteiger partial charge in [0.1, 0.15) is 34.6 Å². The minimum absolute atomic E-state index is 0.000823. The van der Waals surface area contributed by atoms with E-state index in [1.54, 1.807) is 64.0 Å². The number of aliphatic hydroxyl groups excluding tert-OH is 1. The van der Waals surface area contributed by atoms with E-state index >= 15 is 0 Å². The summed E-state index contributed by atoms with van der Waals surface area (Å²) in [5, 5.41) is 57.6. The van der Waals surface area contributed by atoms with E-state index in [9.17, 15) is 53.9 Å². The van der Waals surface area contributed by atoms with Crippen LogP contribution in [-0.2, 0) is 10.2 Å². The van der Waals surface area contributed by atoms with Crippen LogP contribution in [0.2, 0.25) is 15.1 Å². The van der Waals surface area contributed by atoms with Gasteiger partial charge < -0.3 is 25.5 Å². The Morgan fingerprint density at radius 3 is 1.23 bits per heavy atom. The fourth-order valence-corrected chi connectivity index (χ4v) is 13.9. The fourth-order valence-electron chi connectivity index (χ4n) is 7.87. The lowest BCUT2D eigenvalue weighted by Crippen LogP contribution is -2.10. The summed E-state index contributed by atoms with van der Waals surface area (Å²) in [7, 11) is 0. The summed E-state index contributed by atoms with van der Waals surface area (Å²) < 4.78 is 14.0. The van der Waals surface area contributed by atoms with Gasteiger partial charge in [0.05, 0.1) is 57.1 Å². The first-order chi connectivity index (χ1) is 39.6. The molecular formula is C64H55BrCl3FO10S5. The maximum atomic E-state index is 13.0. The van der Waals surface area contributed by atoms with E-state index in [1.807, 2.05) is 48.5 Å². The van der Waals surface area contributed by atoms with Crippen molar-refractivity contribution in [2.24, 2.45) is 0 Å². The Morgan fingerprint density at radius 2 is 0.881 bits per heavy atom. The van der Waals surface area contributed by atoms with Crippen molar-refractivity contribution in [1.82, 2.24) is 0 Å². The highest BCUT2D eigenvalue weighted by molar-refractivity contribution is 9.10. The van der Waals surface area contributed by atoms with Crippen LogP contribution in [0, 0.1) is 5.82 Å². The van der Waals surface area contributed by atoms with Crippen LogP contribution in [0.5, 0.6) is 23.0 Å². The quantitative estimate of drug-likeness (QED) is 0.0821. The number of thioether (sulfide) groups is 1. The van der Waals surface area contributed by atoms with Gasteiger partial charge in [-0.1, -0.05) is 138 Å². The summed E-state index contributed by atoms with van der Waals surface area (Å²) in [6.07, 6.45) is 0. The number of hydrogen-bond donors (Lipinski definition) is 5. The third kappa shape index (κ3) is 16.9. The van der Waals surface area contributed by atoms with Crippen LogP contribution >= 0.6 is 108 Å². The molecule has 5 aromatic carbocycles. The van der Waals surface area contributed by atoms with Gasteiger partial charge in [-0.3, -0.25) is 24.0 Å². The summed E-state index contributed by atoms with van der Waals surface area (Å²) >= 11 is 27.7. The number of halogens is 5. The summed E-state index contributed by atoms with van der Waals surface area (Å²) in [4.78, 5) is 59.0. The van der Waals surface area contributed by atoms with Gasteiger partial charge in [-0.25, -0.2) is 4.39 Å². The molecule has 20 heteroatoms. The molecule has 5 heterocycles. The van der Waals surface area contributed by atoms with Gasteiger partial charge in [0.25, 0.3) is 0 Å². The predicted octanol–water partition coefficient (Wildman–Crippen LogP) is 20.3. The maximum Gasteiger partial charge on any atom is 0.164 e. The van der Waals surface area contributed by atoms with Crippen LogP contribution in [0.15, 0.2) is 153 Å². The van der Waals surface area contributed by atoms with Gasteiger partial charge in [-0.05, 0) is 122 Å². The summed E-state index contributed by atoms with van der Waals surface area (Å²) in [5.41, 5.74) is 7.46. The van der Waals surface area contributed by atoms with Crippen molar-refractivity contribution in [3.05, 3.63) is 207 Å². The van der Waals surface area contributed by atoms with E-state index in [0.717, 1.165) is 36.5 Å². The molecule has 1 unspecified atom stereocenters. The molecule has 0 radical (unpaired) electrons. The average Bonchev–Trinajstić information content (AvgIpc) is 3.80. The topological polar surface area (TPSA) is 186 Å². The largest absolute Gasteiger partial charge is 0.510 e. The lowest BCUT2D eigenvalue weighted by molar-refractivity contribution is -0.113. The molecule has 436 valence electrons. The second kappa shape index (κ2) is 29.6. The standard InChI is InChI=1S/C16H18O2S.C12H9BrO2S.C12H8Cl2O2S.C12H9ClO2S.C12H11FO2S/c1-10(17)13-9-19-15(14(13)18)11-5-7-12(8-6-11)16(2,3)4;1-7(14)10-6-16-12(11(10)15)8-2-4-9(13)5-3-8;1-6(15)8-5-17-12(11(8)16)7-2-3-9(13)10(14)4-7;1-7(14)10-6-16-12(11(10)15)8-2-4-9(13)5-3-8;1-7(14)10-6-16-12(11(10)15)8-3-2-4-9(13)5-8/h5-9,18H,1-4H3;2-6,15H,1H3;2-5,16H,1H3;2-6,15H,1H3;2-5,12,15H,6H2,1H3. The van der Waals surface area contributed by atoms with Gasteiger partial charge >= 0.3 is 0 Å². The van der Waals surface area contributed by atoms with Crippen LogP contribution in [0.25, 0.3) is 41.8 Å². The summed E-state index contributed by atoms with van der Waals surface area (Å²) in [6, 6.07) is 34.1. The van der Waals surface area contributed by atoms with Crippen LogP contribution in [0.4, 0.5) is 4.39 Å². The molecule has 10 nitrogen and oxygen atoms in total. The first kappa shape index (κ1) is 66.8. The predicted molar refractivity (Wildman–Crippen MR) is 349 cm³/mol. The molecule has 84 heavy (non-hydrogen) atoms. The fraction of sp³-hybridized carbons (Fsp3) is 0.172. The molecule has 0 fully saturated rings. The average molecular weight is 1350 g/mol. The van der Waals surface area contributed by atoms with Crippen molar-refractivity contribution in [2.75, 3.05) is 5.75 Å². The van der Waals surface area contributed by atoms with Crippen LogP contribution < -0.4 is 0 Å². The monoisotopic (exact) mass is 1350 g/mol.